The summed E-state index contributed by atoms with van der Waals surface area (Å²) < 4.78 is 5.03. The van der Waals surface area contributed by atoms with Gasteiger partial charge < -0.3 is 10.1 Å². The lowest BCUT2D eigenvalue weighted by Crippen LogP contribution is -2.43. The van der Waals surface area contributed by atoms with Crippen molar-refractivity contribution in [2.24, 2.45) is 0 Å². The normalized spacial score (nSPS) is 24.1. The summed E-state index contributed by atoms with van der Waals surface area (Å²) in [6.45, 7) is 4.18. The van der Waals surface area contributed by atoms with Crippen LogP contribution in [0.1, 0.15) is 51.0 Å². The molecule has 1 aliphatic rings. The summed E-state index contributed by atoms with van der Waals surface area (Å²) in [5, 5.41) is 3.40. The van der Waals surface area contributed by atoms with Gasteiger partial charge in [0, 0.05) is 6.04 Å². The largest absolute Gasteiger partial charge is 0.465 e. The molecule has 0 amide bonds. The molecule has 1 saturated carbocycles. The summed E-state index contributed by atoms with van der Waals surface area (Å²) >= 11 is 0. The Morgan fingerprint density at radius 1 is 1.25 bits per heavy atom. The van der Waals surface area contributed by atoms with Crippen molar-refractivity contribution in [3.63, 3.8) is 0 Å². The second kappa shape index (κ2) is 7.44. The van der Waals surface area contributed by atoms with Crippen molar-refractivity contribution in [1.29, 1.82) is 0 Å². The monoisotopic (exact) mass is 275 g/mol. The fourth-order valence-corrected chi connectivity index (χ4v) is 3.01. The number of nitrogens with one attached hydrogen (secondary N) is 1. The van der Waals surface area contributed by atoms with Crippen molar-refractivity contribution >= 4 is 5.97 Å². The van der Waals surface area contributed by atoms with Crippen LogP contribution in [0, 0.1) is 0 Å². The van der Waals surface area contributed by atoms with Crippen LogP contribution < -0.4 is 5.32 Å². The molecule has 0 bridgehead atoms. The standard InChI is InChI=1S/C17H25NO2/c1-3-20-17(19)13(2)18-16-11-9-15(10-12-16)14-7-5-4-6-8-14/h4-8,13,15-16,18H,3,9-12H2,1-2H3. The van der Waals surface area contributed by atoms with Crippen molar-refractivity contribution in [2.45, 2.75) is 57.5 Å². The third-order valence-corrected chi connectivity index (χ3v) is 4.12. The molecule has 1 unspecified atom stereocenters. The maximum absolute atomic E-state index is 11.6. The van der Waals surface area contributed by atoms with Crippen LogP contribution in [0.4, 0.5) is 0 Å². The first-order valence-corrected chi connectivity index (χ1v) is 7.68. The van der Waals surface area contributed by atoms with Crippen LogP contribution in [0.15, 0.2) is 30.3 Å². The zero-order valence-electron chi connectivity index (χ0n) is 12.5. The van der Waals surface area contributed by atoms with Crippen molar-refractivity contribution < 1.29 is 9.53 Å². The van der Waals surface area contributed by atoms with Gasteiger partial charge in [0.15, 0.2) is 0 Å². The first kappa shape index (κ1) is 15.0. The average molecular weight is 275 g/mol. The second-order valence-electron chi connectivity index (χ2n) is 5.60. The lowest BCUT2D eigenvalue weighted by Gasteiger charge is -2.31. The molecule has 0 saturated heterocycles. The summed E-state index contributed by atoms with van der Waals surface area (Å²) in [6.07, 6.45) is 4.64. The minimum atomic E-state index is -0.201. The molecule has 2 rings (SSSR count). The molecule has 3 heteroatoms. The summed E-state index contributed by atoms with van der Waals surface area (Å²) in [5.41, 5.74) is 1.45. The average Bonchev–Trinajstić information content (AvgIpc) is 2.49. The number of benzene rings is 1. The molecule has 0 aliphatic heterocycles. The topological polar surface area (TPSA) is 38.3 Å². The molecular formula is C17H25NO2. The molecule has 1 atom stereocenters. The molecule has 0 heterocycles. The van der Waals surface area contributed by atoms with E-state index < -0.39 is 0 Å². The van der Waals surface area contributed by atoms with Gasteiger partial charge in [0.2, 0.25) is 0 Å². The van der Waals surface area contributed by atoms with E-state index in [4.69, 9.17) is 4.74 Å². The highest BCUT2D eigenvalue weighted by Gasteiger charge is 2.25. The number of hydrogen-bond acceptors (Lipinski definition) is 3. The minimum absolute atomic E-state index is 0.141. The Hall–Kier alpha value is -1.35. The highest BCUT2D eigenvalue weighted by atomic mass is 16.5. The molecular weight excluding hydrogens is 250 g/mol. The molecule has 1 aromatic rings. The SMILES string of the molecule is CCOC(=O)C(C)NC1CCC(c2ccccc2)CC1. The summed E-state index contributed by atoms with van der Waals surface area (Å²) in [4.78, 5) is 11.6. The predicted octanol–water partition coefficient (Wildman–Crippen LogP) is 3.25. The van der Waals surface area contributed by atoms with Gasteiger partial charge in [0.25, 0.3) is 0 Å². The van der Waals surface area contributed by atoms with Gasteiger partial charge in [-0.25, -0.2) is 0 Å². The Morgan fingerprint density at radius 3 is 2.50 bits per heavy atom. The van der Waals surface area contributed by atoms with Crippen molar-refractivity contribution in [2.75, 3.05) is 6.61 Å². The Bertz CT molecular complexity index is 410. The van der Waals surface area contributed by atoms with E-state index in [-0.39, 0.29) is 12.0 Å². The lowest BCUT2D eigenvalue weighted by atomic mass is 9.81. The Kier molecular flexibility index (Phi) is 5.60. The fourth-order valence-electron chi connectivity index (χ4n) is 3.01. The minimum Gasteiger partial charge on any atom is -0.465 e. The highest BCUT2D eigenvalue weighted by Crippen LogP contribution is 2.32. The van der Waals surface area contributed by atoms with E-state index in [1.807, 2.05) is 13.8 Å². The van der Waals surface area contributed by atoms with Crippen LogP contribution in [-0.4, -0.2) is 24.7 Å². The van der Waals surface area contributed by atoms with Crippen molar-refractivity contribution in [3.8, 4) is 0 Å². The van der Waals surface area contributed by atoms with Crippen LogP contribution in [0.3, 0.4) is 0 Å². The first-order chi connectivity index (χ1) is 9.70. The molecule has 0 aromatic heterocycles. The molecule has 1 aliphatic carbocycles. The van der Waals surface area contributed by atoms with E-state index in [0.717, 1.165) is 12.8 Å². The Balaban J connectivity index is 1.78. The summed E-state index contributed by atoms with van der Waals surface area (Å²) in [6, 6.07) is 11.0. The van der Waals surface area contributed by atoms with E-state index in [9.17, 15) is 4.79 Å². The number of carbonyl (C=O) groups is 1. The first-order valence-electron chi connectivity index (χ1n) is 7.68. The van der Waals surface area contributed by atoms with Crippen LogP contribution >= 0.6 is 0 Å². The number of ether oxygens (including phenoxy) is 1. The van der Waals surface area contributed by atoms with E-state index in [0.29, 0.717) is 18.6 Å². The fraction of sp³-hybridized carbons (Fsp3) is 0.588. The molecule has 1 fully saturated rings. The van der Waals surface area contributed by atoms with Crippen molar-refractivity contribution in [1.82, 2.24) is 5.32 Å². The third kappa shape index (κ3) is 4.07. The Labute approximate surface area is 121 Å². The van der Waals surface area contributed by atoms with E-state index >= 15 is 0 Å². The van der Waals surface area contributed by atoms with Gasteiger partial charge >= 0.3 is 5.97 Å². The molecule has 0 spiro atoms. The van der Waals surface area contributed by atoms with E-state index in [1.165, 1.54) is 18.4 Å². The van der Waals surface area contributed by atoms with Gasteiger partial charge in [-0.05, 0) is 51.0 Å². The van der Waals surface area contributed by atoms with E-state index in [1.54, 1.807) is 0 Å². The number of hydrogen-bond donors (Lipinski definition) is 1. The lowest BCUT2D eigenvalue weighted by molar-refractivity contribution is -0.145. The highest BCUT2D eigenvalue weighted by molar-refractivity contribution is 5.75. The maximum Gasteiger partial charge on any atom is 0.322 e. The van der Waals surface area contributed by atoms with Gasteiger partial charge in [0.05, 0.1) is 6.61 Å². The quantitative estimate of drug-likeness (QED) is 0.838. The summed E-state index contributed by atoms with van der Waals surface area (Å²) in [5.74, 6) is 0.532. The van der Waals surface area contributed by atoms with Crippen LogP contribution in [-0.2, 0) is 9.53 Å². The Morgan fingerprint density at radius 2 is 1.90 bits per heavy atom. The summed E-state index contributed by atoms with van der Waals surface area (Å²) in [7, 11) is 0. The second-order valence-corrected chi connectivity index (χ2v) is 5.60. The zero-order chi connectivity index (χ0) is 14.4. The molecule has 1 aromatic carbocycles. The van der Waals surface area contributed by atoms with E-state index in [2.05, 4.69) is 35.6 Å². The van der Waals surface area contributed by atoms with Gasteiger partial charge in [0.1, 0.15) is 6.04 Å². The van der Waals surface area contributed by atoms with Crippen LogP contribution in [0.25, 0.3) is 0 Å². The van der Waals surface area contributed by atoms with Crippen LogP contribution in [0.5, 0.6) is 0 Å². The van der Waals surface area contributed by atoms with Gasteiger partial charge in [-0.1, -0.05) is 30.3 Å². The smallest absolute Gasteiger partial charge is 0.322 e. The van der Waals surface area contributed by atoms with Crippen LogP contribution in [0.2, 0.25) is 0 Å². The third-order valence-electron chi connectivity index (χ3n) is 4.12. The zero-order valence-corrected chi connectivity index (χ0v) is 12.5. The number of rotatable bonds is 5. The van der Waals surface area contributed by atoms with Gasteiger partial charge in [-0.3, -0.25) is 4.79 Å². The molecule has 1 N–H and O–H groups in total. The van der Waals surface area contributed by atoms with Gasteiger partial charge in [-0.15, -0.1) is 0 Å². The predicted molar refractivity (Wildman–Crippen MR) is 80.7 cm³/mol. The number of esters is 1. The van der Waals surface area contributed by atoms with Gasteiger partial charge in [-0.2, -0.15) is 0 Å². The van der Waals surface area contributed by atoms with Crippen molar-refractivity contribution in [3.05, 3.63) is 35.9 Å². The maximum atomic E-state index is 11.6. The number of carbonyl (C=O) groups excluding carboxylic acids is 1. The molecule has 0 radical (unpaired) electrons. The molecule has 3 nitrogen and oxygen atoms in total. The molecule has 20 heavy (non-hydrogen) atoms. The molecule has 110 valence electrons.